The molecule has 1 saturated heterocycles. The first-order chi connectivity index (χ1) is 6.67. The number of likely N-dealkylation sites (tertiary alicyclic amines) is 1. The molecule has 3 heteroatoms. The summed E-state index contributed by atoms with van der Waals surface area (Å²) < 4.78 is 0. The molecule has 2 fully saturated rings. The van der Waals surface area contributed by atoms with Crippen LogP contribution in [-0.2, 0) is 0 Å². The van der Waals surface area contributed by atoms with Gasteiger partial charge < -0.3 is 5.32 Å². The highest BCUT2D eigenvalue weighted by Crippen LogP contribution is 2.37. The van der Waals surface area contributed by atoms with E-state index in [2.05, 4.69) is 16.3 Å². The second-order valence-electron chi connectivity index (χ2n) is 4.96. The molecule has 1 heterocycles. The van der Waals surface area contributed by atoms with Gasteiger partial charge in [0.15, 0.2) is 0 Å². The molecule has 0 spiro atoms. The van der Waals surface area contributed by atoms with Gasteiger partial charge in [0, 0.05) is 19.1 Å². The quantitative estimate of drug-likeness (QED) is 0.726. The molecule has 78 valence electrons. The molecule has 2 rings (SSSR count). The molecule has 0 aromatic heterocycles. The number of likely N-dealkylation sites (N-methyl/N-ethyl adjacent to an activating group) is 1. The summed E-state index contributed by atoms with van der Waals surface area (Å²) in [7, 11) is 1.87. The number of rotatable bonds is 3. The van der Waals surface area contributed by atoms with Crippen molar-refractivity contribution < 1.29 is 0 Å². The first-order valence-corrected chi connectivity index (χ1v) is 5.51. The third kappa shape index (κ3) is 1.65. The zero-order chi connectivity index (χ0) is 10.2. The smallest absolute Gasteiger partial charge is 0.116 e. The zero-order valence-electron chi connectivity index (χ0n) is 9.08. The predicted molar refractivity (Wildman–Crippen MR) is 55.8 cm³/mol. The molecule has 0 aromatic rings. The minimum Gasteiger partial charge on any atom is -0.302 e. The van der Waals surface area contributed by atoms with Gasteiger partial charge in [0.25, 0.3) is 0 Å². The first-order valence-electron chi connectivity index (χ1n) is 5.51. The summed E-state index contributed by atoms with van der Waals surface area (Å²) in [5.74, 6) is 0.916. The summed E-state index contributed by atoms with van der Waals surface area (Å²) >= 11 is 0. The Labute approximate surface area is 86.1 Å². The molecule has 1 aliphatic carbocycles. The van der Waals surface area contributed by atoms with Gasteiger partial charge in [-0.2, -0.15) is 5.26 Å². The monoisotopic (exact) mass is 193 g/mol. The van der Waals surface area contributed by atoms with Gasteiger partial charge >= 0.3 is 0 Å². The van der Waals surface area contributed by atoms with Crippen LogP contribution in [0, 0.1) is 17.2 Å². The first kappa shape index (κ1) is 9.95. The summed E-state index contributed by atoms with van der Waals surface area (Å²) in [6.07, 6.45) is 4.12. The Bertz CT molecular complexity index is 258. The topological polar surface area (TPSA) is 39.1 Å². The molecule has 2 aliphatic rings. The van der Waals surface area contributed by atoms with Crippen molar-refractivity contribution in [2.45, 2.75) is 37.8 Å². The van der Waals surface area contributed by atoms with Gasteiger partial charge in [0.05, 0.1) is 6.07 Å². The summed E-state index contributed by atoms with van der Waals surface area (Å²) in [5.41, 5.74) is -0.371. The highest BCUT2D eigenvalue weighted by Gasteiger charge is 2.40. The van der Waals surface area contributed by atoms with Gasteiger partial charge in [0.2, 0.25) is 0 Å². The maximum Gasteiger partial charge on any atom is 0.116 e. The van der Waals surface area contributed by atoms with E-state index in [0.29, 0.717) is 0 Å². The third-order valence-corrected chi connectivity index (χ3v) is 3.84. The van der Waals surface area contributed by atoms with Gasteiger partial charge in [-0.1, -0.05) is 0 Å². The van der Waals surface area contributed by atoms with Crippen molar-refractivity contribution in [3.05, 3.63) is 0 Å². The van der Waals surface area contributed by atoms with E-state index in [9.17, 15) is 0 Å². The van der Waals surface area contributed by atoms with Crippen LogP contribution < -0.4 is 5.32 Å². The van der Waals surface area contributed by atoms with Crippen LogP contribution >= 0.6 is 0 Å². The van der Waals surface area contributed by atoms with Crippen molar-refractivity contribution in [3.63, 3.8) is 0 Å². The molecule has 1 N–H and O–H groups in total. The lowest BCUT2D eigenvalue weighted by atomic mass is 10.0. The van der Waals surface area contributed by atoms with Crippen molar-refractivity contribution in [2.24, 2.45) is 5.92 Å². The van der Waals surface area contributed by atoms with Crippen LogP contribution in [0.1, 0.15) is 26.2 Å². The number of hydrogen-bond donors (Lipinski definition) is 1. The Morgan fingerprint density at radius 3 is 2.79 bits per heavy atom. The molecular formula is C11H19N3. The number of fused-ring (bicyclic) bond motifs is 2. The number of piperidine rings is 1. The largest absolute Gasteiger partial charge is 0.302 e. The Balaban J connectivity index is 1.95. The van der Waals surface area contributed by atoms with Crippen molar-refractivity contribution in [1.29, 1.82) is 5.26 Å². The lowest BCUT2D eigenvalue weighted by Crippen LogP contribution is -2.50. The lowest BCUT2D eigenvalue weighted by molar-refractivity contribution is 0.178. The Hall–Kier alpha value is -0.590. The molecule has 1 saturated carbocycles. The van der Waals surface area contributed by atoms with Crippen molar-refractivity contribution in [2.75, 3.05) is 20.1 Å². The van der Waals surface area contributed by atoms with Gasteiger partial charge in [-0.05, 0) is 39.2 Å². The molecule has 2 bridgehead atoms. The molecule has 1 aliphatic heterocycles. The van der Waals surface area contributed by atoms with E-state index in [-0.39, 0.29) is 5.54 Å². The standard InChI is InChI=1S/C11H19N3/c1-11(7-12,13-2)8-14-6-9-3-4-10(14)5-9/h9-10,13H,3-6,8H2,1-2H3. The Morgan fingerprint density at radius 2 is 2.36 bits per heavy atom. The second kappa shape index (κ2) is 3.52. The zero-order valence-corrected chi connectivity index (χ0v) is 9.08. The fourth-order valence-corrected chi connectivity index (χ4v) is 2.80. The Kier molecular flexibility index (Phi) is 2.50. The molecule has 3 nitrogen and oxygen atoms in total. The number of nitrogens with one attached hydrogen (secondary N) is 1. The fraction of sp³-hybridized carbons (Fsp3) is 0.909. The molecule has 0 amide bonds. The normalized spacial score (nSPS) is 35.5. The fourth-order valence-electron chi connectivity index (χ4n) is 2.80. The number of nitrogens with zero attached hydrogens (tertiary/aromatic N) is 2. The average Bonchev–Trinajstić information content (AvgIpc) is 2.79. The van der Waals surface area contributed by atoms with E-state index < -0.39 is 0 Å². The molecule has 3 unspecified atom stereocenters. The van der Waals surface area contributed by atoms with E-state index in [1.807, 2.05) is 14.0 Å². The van der Waals surface area contributed by atoms with Gasteiger partial charge in [0.1, 0.15) is 5.54 Å². The van der Waals surface area contributed by atoms with Crippen LogP contribution in [0.25, 0.3) is 0 Å². The van der Waals surface area contributed by atoms with Gasteiger partial charge in [-0.25, -0.2) is 0 Å². The van der Waals surface area contributed by atoms with E-state index in [1.165, 1.54) is 25.8 Å². The summed E-state index contributed by atoms with van der Waals surface area (Å²) in [6, 6.07) is 3.13. The van der Waals surface area contributed by atoms with E-state index >= 15 is 0 Å². The van der Waals surface area contributed by atoms with Crippen LogP contribution in [0.3, 0.4) is 0 Å². The minimum absolute atomic E-state index is 0.371. The van der Waals surface area contributed by atoms with Gasteiger partial charge in [-0.3, -0.25) is 4.90 Å². The highest BCUT2D eigenvalue weighted by atomic mass is 15.2. The van der Waals surface area contributed by atoms with Crippen molar-refractivity contribution in [1.82, 2.24) is 10.2 Å². The minimum atomic E-state index is -0.371. The summed E-state index contributed by atoms with van der Waals surface area (Å²) in [6.45, 7) is 4.07. The van der Waals surface area contributed by atoms with Crippen LogP contribution in [-0.4, -0.2) is 36.6 Å². The summed E-state index contributed by atoms with van der Waals surface area (Å²) in [5, 5.41) is 12.2. The van der Waals surface area contributed by atoms with E-state index in [0.717, 1.165) is 18.5 Å². The second-order valence-corrected chi connectivity index (χ2v) is 4.96. The average molecular weight is 193 g/mol. The lowest BCUT2D eigenvalue weighted by Gasteiger charge is -2.33. The molecule has 0 radical (unpaired) electrons. The predicted octanol–water partition coefficient (Wildman–Crippen LogP) is 0.972. The SMILES string of the molecule is CNC(C)(C#N)CN1CC2CCC1C2. The van der Waals surface area contributed by atoms with Crippen LogP contribution in [0.15, 0.2) is 0 Å². The van der Waals surface area contributed by atoms with Crippen LogP contribution in [0.2, 0.25) is 0 Å². The number of hydrogen-bond acceptors (Lipinski definition) is 3. The molecular weight excluding hydrogens is 174 g/mol. The summed E-state index contributed by atoms with van der Waals surface area (Å²) in [4.78, 5) is 2.49. The maximum atomic E-state index is 9.08. The molecule has 0 aromatic carbocycles. The van der Waals surface area contributed by atoms with Crippen molar-refractivity contribution in [3.8, 4) is 6.07 Å². The highest BCUT2D eigenvalue weighted by molar-refractivity contribution is 5.07. The number of nitriles is 1. The van der Waals surface area contributed by atoms with Gasteiger partial charge in [-0.15, -0.1) is 0 Å². The van der Waals surface area contributed by atoms with Crippen molar-refractivity contribution >= 4 is 0 Å². The molecule has 14 heavy (non-hydrogen) atoms. The van der Waals surface area contributed by atoms with Crippen LogP contribution in [0.4, 0.5) is 0 Å². The van der Waals surface area contributed by atoms with E-state index in [4.69, 9.17) is 5.26 Å². The third-order valence-electron chi connectivity index (χ3n) is 3.84. The maximum absolute atomic E-state index is 9.08. The van der Waals surface area contributed by atoms with E-state index in [1.54, 1.807) is 0 Å². The van der Waals surface area contributed by atoms with Crippen LogP contribution in [0.5, 0.6) is 0 Å². The Morgan fingerprint density at radius 1 is 1.57 bits per heavy atom. The molecule has 3 atom stereocenters.